The normalized spacial score (nSPS) is 14.6. The molecule has 8 heteroatoms. The van der Waals surface area contributed by atoms with Crippen molar-refractivity contribution in [1.29, 1.82) is 0 Å². The quantitative estimate of drug-likeness (QED) is 0.237. The fourth-order valence-corrected chi connectivity index (χ4v) is 4.33. The fourth-order valence-electron chi connectivity index (χ4n) is 4.33. The molecule has 0 bridgehead atoms. The topological polar surface area (TPSA) is 108 Å². The van der Waals surface area contributed by atoms with Crippen molar-refractivity contribution in [3.05, 3.63) is 29.8 Å². The standard InChI is InChI=1S/C30H51N3O5/c1-9-12-13-14-20-33(28(36)25(21(4)11-3)32-29(37)38-30(6,7)8)26(23-16-18-24(34)19-17-23)27(35)31-22(5)15-10-2/h16-19,21-22,25-26,34H,9-15,20H2,1-8H3,(H,31,35)(H,32,37). The number of nitrogens with one attached hydrogen (secondary N) is 2. The third-order valence-corrected chi connectivity index (χ3v) is 6.57. The summed E-state index contributed by atoms with van der Waals surface area (Å²) in [5, 5.41) is 15.8. The second kappa shape index (κ2) is 16.2. The molecule has 1 aromatic carbocycles. The molecular formula is C30H51N3O5. The van der Waals surface area contributed by atoms with E-state index in [-0.39, 0.29) is 29.5 Å². The first kappa shape index (κ1) is 33.3. The molecule has 0 aliphatic heterocycles. The maximum Gasteiger partial charge on any atom is 0.408 e. The number of benzene rings is 1. The summed E-state index contributed by atoms with van der Waals surface area (Å²) in [5.41, 5.74) is -0.107. The zero-order chi connectivity index (χ0) is 28.9. The summed E-state index contributed by atoms with van der Waals surface area (Å²) in [6.45, 7) is 15.7. The lowest BCUT2D eigenvalue weighted by Gasteiger charge is -2.36. The van der Waals surface area contributed by atoms with Crippen molar-refractivity contribution in [2.24, 2.45) is 5.92 Å². The van der Waals surface area contributed by atoms with E-state index in [1.165, 1.54) is 12.1 Å². The number of hydrogen-bond donors (Lipinski definition) is 3. The minimum Gasteiger partial charge on any atom is -0.508 e. The van der Waals surface area contributed by atoms with Gasteiger partial charge in [0.05, 0.1) is 0 Å². The average Bonchev–Trinajstić information content (AvgIpc) is 2.83. The second-order valence-corrected chi connectivity index (χ2v) is 11.3. The fraction of sp³-hybridized carbons (Fsp3) is 0.700. The molecule has 0 saturated carbocycles. The summed E-state index contributed by atoms with van der Waals surface area (Å²) in [6.07, 6.45) is 5.44. The number of phenolic OH excluding ortho intramolecular Hbond substituents is 1. The number of rotatable bonds is 15. The molecule has 0 aliphatic rings. The minimum atomic E-state index is -0.906. The van der Waals surface area contributed by atoms with Crippen molar-refractivity contribution in [3.63, 3.8) is 0 Å². The molecule has 3 amide bonds. The highest BCUT2D eigenvalue weighted by Crippen LogP contribution is 2.27. The van der Waals surface area contributed by atoms with Crippen molar-refractivity contribution in [1.82, 2.24) is 15.5 Å². The minimum absolute atomic E-state index is 0.0607. The smallest absolute Gasteiger partial charge is 0.408 e. The Balaban J connectivity index is 3.50. The Bertz CT molecular complexity index is 866. The number of phenols is 1. The second-order valence-electron chi connectivity index (χ2n) is 11.3. The van der Waals surface area contributed by atoms with Crippen molar-refractivity contribution in [2.45, 2.75) is 124 Å². The SMILES string of the molecule is CCCCCCN(C(=O)C(NC(=O)OC(C)(C)C)C(C)CC)C(C(=O)NC(C)CCC)c1ccc(O)cc1. The highest BCUT2D eigenvalue weighted by molar-refractivity contribution is 5.92. The number of ether oxygens (including phenoxy) is 1. The van der Waals surface area contributed by atoms with Crippen molar-refractivity contribution in [3.8, 4) is 5.75 Å². The molecule has 4 atom stereocenters. The average molecular weight is 534 g/mol. The Labute approximate surface area is 229 Å². The third-order valence-electron chi connectivity index (χ3n) is 6.57. The number of carbonyl (C=O) groups excluding carboxylic acids is 3. The van der Waals surface area contributed by atoms with Gasteiger partial charge < -0.3 is 25.4 Å². The first-order chi connectivity index (χ1) is 17.8. The molecule has 0 radical (unpaired) electrons. The lowest BCUT2D eigenvalue weighted by molar-refractivity contribution is -0.143. The number of carbonyl (C=O) groups is 3. The highest BCUT2D eigenvalue weighted by Gasteiger charge is 2.38. The van der Waals surface area contributed by atoms with E-state index in [9.17, 15) is 19.5 Å². The number of aromatic hydroxyl groups is 1. The third kappa shape index (κ3) is 11.3. The van der Waals surface area contributed by atoms with E-state index < -0.39 is 23.8 Å². The molecule has 216 valence electrons. The number of unbranched alkanes of at least 4 members (excludes halogenated alkanes) is 3. The summed E-state index contributed by atoms with van der Waals surface area (Å²) in [6, 6.07) is 4.57. The van der Waals surface area contributed by atoms with Crippen LogP contribution in [-0.4, -0.2) is 52.1 Å². The maximum atomic E-state index is 14.2. The van der Waals surface area contributed by atoms with Gasteiger partial charge in [-0.3, -0.25) is 9.59 Å². The number of hydrogen-bond acceptors (Lipinski definition) is 5. The molecule has 1 aromatic rings. The maximum absolute atomic E-state index is 14.2. The molecule has 4 unspecified atom stereocenters. The Morgan fingerprint density at radius 2 is 1.58 bits per heavy atom. The molecular weight excluding hydrogens is 482 g/mol. The highest BCUT2D eigenvalue weighted by atomic mass is 16.6. The van der Waals surface area contributed by atoms with Gasteiger partial charge in [-0.15, -0.1) is 0 Å². The van der Waals surface area contributed by atoms with Gasteiger partial charge in [0.15, 0.2) is 0 Å². The van der Waals surface area contributed by atoms with Gasteiger partial charge in [0, 0.05) is 12.6 Å². The molecule has 0 fully saturated rings. The van der Waals surface area contributed by atoms with Crippen LogP contribution in [0.1, 0.15) is 112 Å². The lowest BCUT2D eigenvalue weighted by Crippen LogP contribution is -2.55. The molecule has 1 rings (SSSR count). The lowest BCUT2D eigenvalue weighted by atomic mass is 9.95. The van der Waals surface area contributed by atoms with Gasteiger partial charge >= 0.3 is 6.09 Å². The Morgan fingerprint density at radius 1 is 0.947 bits per heavy atom. The van der Waals surface area contributed by atoms with Crippen molar-refractivity contribution >= 4 is 17.9 Å². The zero-order valence-electron chi connectivity index (χ0n) is 24.8. The number of nitrogens with zero attached hydrogens (tertiary/aromatic N) is 1. The summed E-state index contributed by atoms with van der Waals surface area (Å²) >= 11 is 0. The van der Waals surface area contributed by atoms with Crippen LogP contribution in [-0.2, 0) is 14.3 Å². The number of amides is 3. The van der Waals surface area contributed by atoms with Crippen LogP contribution in [0.5, 0.6) is 5.75 Å². The van der Waals surface area contributed by atoms with Crippen molar-refractivity contribution in [2.75, 3.05) is 6.54 Å². The van der Waals surface area contributed by atoms with E-state index in [4.69, 9.17) is 4.74 Å². The van der Waals surface area contributed by atoms with E-state index in [2.05, 4.69) is 24.5 Å². The van der Waals surface area contributed by atoms with Crippen LogP contribution in [0.2, 0.25) is 0 Å². The Morgan fingerprint density at radius 3 is 2.11 bits per heavy atom. The van der Waals surface area contributed by atoms with Gasteiger partial charge in [0.2, 0.25) is 11.8 Å². The van der Waals surface area contributed by atoms with Crippen LogP contribution in [0.15, 0.2) is 24.3 Å². The molecule has 0 heterocycles. The molecule has 0 aromatic heterocycles. The molecule has 8 nitrogen and oxygen atoms in total. The van der Waals surface area contributed by atoms with E-state index in [0.717, 1.165) is 38.5 Å². The summed E-state index contributed by atoms with van der Waals surface area (Å²) in [5.74, 6) is -0.702. The van der Waals surface area contributed by atoms with Gasteiger partial charge in [0.1, 0.15) is 23.4 Å². The first-order valence-electron chi connectivity index (χ1n) is 14.2. The van der Waals surface area contributed by atoms with E-state index in [1.807, 2.05) is 20.8 Å². The van der Waals surface area contributed by atoms with Gasteiger partial charge in [-0.2, -0.15) is 0 Å². The van der Waals surface area contributed by atoms with Gasteiger partial charge in [-0.05, 0) is 64.2 Å². The molecule has 0 saturated heterocycles. The van der Waals surface area contributed by atoms with Gasteiger partial charge in [-0.25, -0.2) is 4.79 Å². The molecule has 0 spiro atoms. The van der Waals surface area contributed by atoms with Crippen LogP contribution in [0, 0.1) is 5.92 Å². The monoisotopic (exact) mass is 533 g/mol. The molecule has 38 heavy (non-hydrogen) atoms. The summed E-state index contributed by atoms with van der Waals surface area (Å²) in [7, 11) is 0. The molecule has 0 aliphatic carbocycles. The van der Waals surface area contributed by atoms with Crippen LogP contribution >= 0.6 is 0 Å². The van der Waals surface area contributed by atoms with Crippen LogP contribution < -0.4 is 10.6 Å². The van der Waals surface area contributed by atoms with Gasteiger partial charge in [-0.1, -0.05) is 71.9 Å². The predicted octanol–water partition coefficient (Wildman–Crippen LogP) is 6.09. The zero-order valence-corrected chi connectivity index (χ0v) is 24.8. The largest absolute Gasteiger partial charge is 0.508 e. The Kier molecular flexibility index (Phi) is 14.2. The summed E-state index contributed by atoms with van der Waals surface area (Å²) < 4.78 is 5.46. The summed E-state index contributed by atoms with van der Waals surface area (Å²) in [4.78, 5) is 42.3. The van der Waals surface area contributed by atoms with Crippen LogP contribution in [0.25, 0.3) is 0 Å². The first-order valence-corrected chi connectivity index (χ1v) is 14.2. The van der Waals surface area contributed by atoms with E-state index in [0.29, 0.717) is 18.5 Å². The van der Waals surface area contributed by atoms with Crippen molar-refractivity contribution < 1.29 is 24.2 Å². The van der Waals surface area contributed by atoms with Crippen LogP contribution in [0.4, 0.5) is 4.79 Å². The molecule has 3 N–H and O–H groups in total. The van der Waals surface area contributed by atoms with Gasteiger partial charge in [0.25, 0.3) is 0 Å². The van der Waals surface area contributed by atoms with E-state index >= 15 is 0 Å². The van der Waals surface area contributed by atoms with Crippen LogP contribution in [0.3, 0.4) is 0 Å². The Hall–Kier alpha value is -2.77. The number of alkyl carbamates (subject to hydrolysis) is 1. The predicted molar refractivity (Wildman–Crippen MR) is 152 cm³/mol. The van der Waals surface area contributed by atoms with E-state index in [1.54, 1.807) is 37.8 Å².